The van der Waals surface area contributed by atoms with E-state index in [1.165, 1.54) is 41.9 Å². The highest BCUT2D eigenvalue weighted by Gasteiger charge is 1.94. The van der Waals surface area contributed by atoms with E-state index in [-0.39, 0.29) is 5.97 Å². The van der Waals surface area contributed by atoms with E-state index in [9.17, 15) is 4.79 Å². The third-order valence-electron chi connectivity index (χ3n) is 4.44. The highest BCUT2D eigenvalue weighted by atomic mass is 16.5. The van der Waals surface area contributed by atoms with Gasteiger partial charge in [0, 0.05) is 6.08 Å². The van der Waals surface area contributed by atoms with E-state index in [1.54, 1.807) is 0 Å². The van der Waals surface area contributed by atoms with Gasteiger partial charge in [-0.15, -0.1) is 0 Å². The number of carbonyl (C=O) groups is 1. The van der Waals surface area contributed by atoms with Crippen LogP contribution in [-0.4, -0.2) is 13.1 Å². The quantitative estimate of drug-likeness (QED) is 0.148. The first-order valence-corrected chi connectivity index (χ1v) is 10.3. The second-order valence-corrected chi connectivity index (χ2v) is 7.78. The first kappa shape index (κ1) is 25.9. The van der Waals surface area contributed by atoms with Crippen molar-refractivity contribution in [2.24, 2.45) is 0 Å². The van der Waals surface area contributed by atoms with Crippen LogP contribution >= 0.6 is 0 Å². The van der Waals surface area contributed by atoms with Crippen molar-refractivity contribution in [2.75, 3.05) is 7.11 Å². The molecule has 0 heterocycles. The van der Waals surface area contributed by atoms with Crippen LogP contribution in [0.2, 0.25) is 0 Å². The molecule has 0 aliphatic rings. The Bertz CT molecular complexity index is 648. The smallest absolute Gasteiger partial charge is 0.330 e. The Balaban J connectivity index is 4.24. The molecule has 0 atom stereocenters. The second kappa shape index (κ2) is 15.9. The molecule has 156 valence electrons. The Labute approximate surface area is 173 Å². The number of rotatable bonds is 12. The number of carbonyl (C=O) groups excluding carboxylic acids is 1. The van der Waals surface area contributed by atoms with E-state index < -0.39 is 0 Å². The zero-order valence-corrected chi connectivity index (χ0v) is 19.1. The number of methoxy groups -OCH3 is 1. The fourth-order valence-electron chi connectivity index (χ4n) is 2.63. The largest absolute Gasteiger partial charge is 0.466 e. The van der Waals surface area contributed by atoms with Crippen molar-refractivity contribution in [1.82, 2.24) is 0 Å². The highest BCUT2D eigenvalue weighted by Crippen LogP contribution is 2.13. The summed E-state index contributed by atoms with van der Waals surface area (Å²) < 4.78 is 4.61. The zero-order chi connectivity index (χ0) is 21.4. The Kier molecular flexibility index (Phi) is 14.7. The average Bonchev–Trinajstić information content (AvgIpc) is 2.61. The van der Waals surface area contributed by atoms with E-state index in [1.807, 2.05) is 19.1 Å². The second-order valence-electron chi connectivity index (χ2n) is 7.78. The summed E-state index contributed by atoms with van der Waals surface area (Å²) in [5.74, 6) is -0.318. The maximum Gasteiger partial charge on any atom is 0.330 e. The van der Waals surface area contributed by atoms with Gasteiger partial charge in [0.05, 0.1) is 7.11 Å². The Hall–Kier alpha value is -2.09. The van der Waals surface area contributed by atoms with E-state index >= 15 is 0 Å². The van der Waals surface area contributed by atoms with Gasteiger partial charge in [0.25, 0.3) is 0 Å². The van der Waals surface area contributed by atoms with E-state index in [0.717, 1.165) is 37.7 Å². The lowest BCUT2D eigenvalue weighted by atomic mass is 10.0. The molecule has 0 unspecified atom stereocenters. The van der Waals surface area contributed by atoms with E-state index in [0.29, 0.717) is 0 Å². The maximum absolute atomic E-state index is 11.1. The standard InChI is InChI=1S/C26H40O2/c1-21(2)12-8-13-22(3)14-9-15-23(4)16-10-17-24(5)18-11-19-25(6)20-26(27)28-7/h11-12,14,16,18-20H,8-10,13,15,17H2,1-7H3. The van der Waals surface area contributed by atoms with Crippen LogP contribution in [0.4, 0.5) is 0 Å². The minimum absolute atomic E-state index is 0.318. The maximum atomic E-state index is 11.1. The van der Waals surface area contributed by atoms with Crippen LogP contribution in [0.3, 0.4) is 0 Å². The summed E-state index contributed by atoms with van der Waals surface area (Å²) in [6.07, 6.45) is 21.3. The molecule has 0 fully saturated rings. The first-order valence-electron chi connectivity index (χ1n) is 10.3. The topological polar surface area (TPSA) is 26.3 Å². The molecular weight excluding hydrogens is 344 g/mol. The van der Waals surface area contributed by atoms with Gasteiger partial charge in [0.15, 0.2) is 0 Å². The Morgan fingerprint density at radius 3 is 1.75 bits per heavy atom. The lowest BCUT2D eigenvalue weighted by Crippen LogP contribution is -1.94. The number of allylic oxidation sites excluding steroid dienone is 11. The van der Waals surface area contributed by atoms with Crippen molar-refractivity contribution in [1.29, 1.82) is 0 Å². The Morgan fingerprint density at radius 1 is 0.750 bits per heavy atom. The summed E-state index contributed by atoms with van der Waals surface area (Å²) in [5, 5.41) is 0. The first-order chi connectivity index (χ1) is 13.2. The molecule has 2 heteroatoms. The van der Waals surface area contributed by atoms with Crippen molar-refractivity contribution in [3.8, 4) is 0 Å². The van der Waals surface area contributed by atoms with Crippen molar-refractivity contribution >= 4 is 5.97 Å². The predicted molar refractivity (Wildman–Crippen MR) is 123 cm³/mol. The molecule has 0 amide bonds. The molecule has 28 heavy (non-hydrogen) atoms. The van der Waals surface area contributed by atoms with Crippen molar-refractivity contribution in [3.05, 3.63) is 70.4 Å². The summed E-state index contributed by atoms with van der Waals surface area (Å²) in [5.41, 5.74) is 6.58. The molecule has 0 spiro atoms. The lowest BCUT2D eigenvalue weighted by molar-refractivity contribution is -0.134. The fraction of sp³-hybridized carbons (Fsp3) is 0.500. The molecular formula is C26H40O2. The molecule has 0 N–H and O–H groups in total. The molecule has 0 aliphatic carbocycles. The summed E-state index contributed by atoms with van der Waals surface area (Å²) in [6.45, 7) is 12.8. The SMILES string of the molecule is COC(=O)C=C(C)C=CC=C(C)CCC=C(C)CCC=C(C)CCC=C(C)C. The lowest BCUT2D eigenvalue weighted by Gasteiger charge is -2.02. The molecule has 0 radical (unpaired) electrons. The third kappa shape index (κ3) is 16.1. The highest BCUT2D eigenvalue weighted by molar-refractivity contribution is 5.83. The number of esters is 1. The van der Waals surface area contributed by atoms with Gasteiger partial charge in [-0.2, -0.15) is 0 Å². The van der Waals surface area contributed by atoms with Crippen molar-refractivity contribution in [2.45, 2.75) is 80.1 Å². The third-order valence-corrected chi connectivity index (χ3v) is 4.44. The van der Waals surface area contributed by atoms with Crippen molar-refractivity contribution in [3.63, 3.8) is 0 Å². The number of hydrogen-bond donors (Lipinski definition) is 0. The van der Waals surface area contributed by atoms with E-state index in [4.69, 9.17) is 0 Å². The van der Waals surface area contributed by atoms with Crippen LogP contribution in [-0.2, 0) is 9.53 Å². The van der Waals surface area contributed by atoms with Crippen molar-refractivity contribution < 1.29 is 9.53 Å². The van der Waals surface area contributed by atoms with E-state index in [2.05, 4.69) is 63.7 Å². The summed E-state index contributed by atoms with van der Waals surface area (Å²) in [6, 6.07) is 0. The molecule has 0 bridgehead atoms. The predicted octanol–water partition coefficient (Wildman–Crippen LogP) is 7.81. The van der Waals surface area contributed by atoms with Gasteiger partial charge in [-0.3, -0.25) is 0 Å². The van der Waals surface area contributed by atoms with Gasteiger partial charge in [0.1, 0.15) is 0 Å². The molecule has 0 saturated heterocycles. The van der Waals surface area contributed by atoms with Crippen LogP contribution in [0.15, 0.2) is 70.4 Å². The van der Waals surface area contributed by atoms with Gasteiger partial charge in [-0.25, -0.2) is 4.79 Å². The minimum atomic E-state index is -0.318. The zero-order valence-electron chi connectivity index (χ0n) is 19.1. The Morgan fingerprint density at radius 2 is 1.25 bits per heavy atom. The van der Waals surface area contributed by atoms with Crippen LogP contribution in [0.5, 0.6) is 0 Å². The summed E-state index contributed by atoms with van der Waals surface area (Å²) >= 11 is 0. The molecule has 0 aromatic carbocycles. The summed E-state index contributed by atoms with van der Waals surface area (Å²) in [7, 11) is 1.39. The van der Waals surface area contributed by atoms with Gasteiger partial charge in [-0.1, -0.05) is 58.7 Å². The number of ether oxygens (including phenoxy) is 1. The minimum Gasteiger partial charge on any atom is -0.466 e. The molecule has 0 rings (SSSR count). The van der Waals surface area contributed by atoms with Gasteiger partial charge >= 0.3 is 5.97 Å². The van der Waals surface area contributed by atoms with Gasteiger partial charge in [-0.05, 0) is 85.6 Å². The average molecular weight is 385 g/mol. The number of hydrogen-bond acceptors (Lipinski definition) is 2. The van der Waals surface area contributed by atoms with Gasteiger partial charge in [0.2, 0.25) is 0 Å². The normalized spacial score (nSPS) is 13.8. The van der Waals surface area contributed by atoms with Crippen LogP contribution < -0.4 is 0 Å². The van der Waals surface area contributed by atoms with Gasteiger partial charge < -0.3 is 4.74 Å². The molecule has 0 saturated carbocycles. The molecule has 2 nitrogen and oxygen atoms in total. The molecule has 0 aromatic heterocycles. The van der Waals surface area contributed by atoms with Crippen LogP contribution in [0.1, 0.15) is 80.1 Å². The van der Waals surface area contributed by atoms with Crippen LogP contribution in [0, 0.1) is 0 Å². The molecule has 0 aliphatic heterocycles. The monoisotopic (exact) mass is 384 g/mol. The summed E-state index contributed by atoms with van der Waals surface area (Å²) in [4.78, 5) is 11.1. The molecule has 0 aromatic rings. The fourth-order valence-corrected chi connectivity index (χ4v) is 2.63. The van der Waals surface area contributed by atoms with Crippen LogP contribution in [0.25, 0.3) is 0 Å².